The minimum Gasteiger partial charge on any atom is -0.496 e. The molecule has 0 unspecified atom stereocenters. The van der Waals surface area contributed by atoms with Crippen LogP contribution in [0.15, 0.2) is 83.9 Å². The third kappa shape index (κ3) is 5.10. The van der Waals surface area contributed by atoms with E-state index in [-0.39, 0.29) is 28.2 Å². The fraction of sp³-hybridized carbons (Fsp3) is 0.111. The van der Waals surface area contributed by atoms with Gasteiger partial charge in [-0.15, -0.1) is 0 Å². The number of carboxylic acids is 2. The van der Waals surface area contributed by atoms with Crippen molar-refractivity contribution in [2.75, 3.05) is 21.3 Å². The van der Waals surface area contributed by atoms with Gasteiger partial charge in [0.25, 0.3) is 0 Å². The Balaban J connectivity index is 2.43. The highest BCUT2D eigenvalue weighted by molar-refractivity contribution is 6.15. The van der Waals surface area contributed by atoms with Gasteiger partial charge in [0.1, 0.15) is 17.2 Å². The summed E-state index contributed by atoms with van der Waals surface area (Å²) in [7, 11) is 4.31. The molecule has 0 saturated carbocycles. The Morgan fingerprint density at radius 2 is 1.18 bits per heavy atom. The summed E-state index contributed by atoms with van der Waals surface area (Å²) in [4.78, 5) is 25.1. The maximum Gasteiger partial charge on any atom is 0.337 e. The van der Waals surface area contributed by atoms with E-state index >= 15 is 0 Å². The Bertz CT molecular complexity index is 1180. The molecular formula is C27H24O7. The number of methoxy groups -OCH3 is 3. The molecule has 0 heterocycles. The number of hydrogen-bond acceptors (Lipinski definition) is 5. The molecule has 7 nitrogen and oxygen atoms in total. The Morgan fingerprint density at radius 3 is 1.53 bits per heavy atom. The highest BCUT2D eigenvalue weighted by atomic mass is 16.5. The van der Waals surface area contributed by atoms with Gasteiger partial charge in [0.2, 0.25) is 0 Å². The van der Waals surface area contributed by atoms with Crippen molar-refractivity contribution in [3.8, 4) is 17.2 Å². The fourth-order valence-corrected chi connectivity index (χ4v) is 3.58. The summed E-state index contributed by atoms with van der Waals surface area (Å²) in [6.45, 7) is 0. The largest absolute Gasteiger partial charge is 0.496 e. The zero-order chi connectivity index (χ0) is 24.7. The second kappa shape index (κ2) is 10.9. The predicted molar refractivity (Wildman–Crippen MR) is 128 cm³/mol. The smallest absolute Gasteiger partial charge is 0.337 e. The first-order valence-electron chi connectivity index (χ1n) is 10.2. The first-order chi connectivity index (χ1) is 16.4. The Kier molecular flexibility index (Phi) is 7.71. The molecule has 0 fully saturated rings. The van der Waals surface area contributed by atoms with Crippen molar-refractivity contribution in [1.82, 2.24) is 0 Å². The lowest BCUT2D eigenvalue weighted by Crippen LogP contribution is -2.14. The number of benzene rings is 3. The maximum absolute atomic E-state index is 12.6. The zero-order valence-electron chi connectivity index (χ0n) is 18.9. The highest BCUT2D eigenvalue weighted by Gasteiger charge is 2.27. The van der Waals surface area contributed by atoms with E-state index in [2.05, 4.69) is 0 Å². The van der Waals surface area contributed by atoms with Gasteiger partial charge in [-0.05, 0) is 17.2 Å². The molecule has 0 saturated heterocycles. The summed E-state index contributed by atoms with van der Waals surface area (Å²) in [5.74, 6) is -1.84. The van der Waals surface area contributed by atoms with Gasteiger partial charge in [-0.3, -0.25) is 0 Å². The van der Waals surface area contributed by atoms with Crippen LogP contribution in [-0.2, 0) is 9.59 Å². The number of carboxylic acid groups (broad SMARTS) is 2. The van der Waals surface area contributed by atoms with Gasteiger partial charge in [-0.1, -0.05) is 60.7 Å². The summed E-state index contributed by atoms with van der Waals surface area (Å²) in [5.41, 5.74) is 0.858. The first-order valence-corrected chi connectivity index (χ1v) is 10.2. The Labute approximate surface area is 197 Å². The summed E-state index contributed by atoms with van der Waals surface area (Å²) < 4.78 is 16.1. The molecule has 34 heavy (non-hydrogen) atoms. The molecule has 0 aliphatic rings. The maximum atomic E-state index is 12.6. The zero-order valence-corrected chi connectivity index (χ0v) is 18.9. The van der Waals surface area contributed by atoms with E-state index in [1.165, 1.54) is 27.4 Å². The molecule has 3 aromatic rings. The van der Waals surface area contributed by atoms with Crippen LogP contribution < -0.4 is 14.2 Å². The molecule has 0 aliphatic carbocycles. The summed E-state index contributed by atoms with van der Waals surface area (Å²) in [6.07, 6.45) is 1.24. The molecule has 0 radical (unpaired) electrons. The lowest BCUT2D eigenvalue weighted by Gasteiger charge is -2.16. The fourth-order valence-electron chi connectivity index (χ4n) is 3.58. The van der Waals surface area contributed by atoms with Crippen LogP contribution in [0.2, 0.25) is 0 Å². The average Bonchev–Trinajstić information content (AvgIpc) is 2.86. The number of carbonyl (C=O) groups is 2. The summed E-state index contributed by atoms with van der Waals surface area (Å²) in [5, 5.41) is 20.4. The predicted octanol–water partition coefficient (Wildman–Crippen LogP) is 4.77. The molecule has 0 aliphatic heterocycles. The van der Waals surface area contributed by atoms with E-state index < -0.39 is 17.5 Å². The molecule has 0 bridgehead atoms. The van der Waals surface area contributed by atoms with Crippen molar-refractivity contribution in [1.29, 1.82) is 0 Å². The van der Waals surface area contributed by atoms with Gasteiger partial charge >= 0.3 is 11.9 Å². The van der Waals surface area contributed by atoms with Crippen LogP contribution in [0.25, 0.3) is 11.6 Å². The molecule has 0 spiro atoms. The Morgan fingerprint density at radius 1 is 0.706 bits per heavy atom. The molecule has 0 aromatic heterocycles. The van der Waals surface area contributed by atoms with E-state index in [1.54, 1.807) is 72.8 Å². The number of hydrogen-bond donors (Lipinski definition) is 2. The van der Waals surface area contributed by atoms with E-state index in [0.29, 0.717) is 16.9 Å². The van der Waals surface area contributed by atoms with Crippen LogP contribution in [0.1, 0.15) is 16.7 Å². The standard InChI is InChI=1S/C27H24O7/c1-32-19-14-22(33-2)20(23(15-19)34-3)16-21(26(28)29)25(27(30)31)24(17-10-6-4-7-11-17)18-12-8-5-9-13-18/h4-16H,1-3H3,(H,28,29)(H,30,31)/b21-16+. The molecule has 0 amide bonds. The number of rotatable bonds is 9. The van der Waals surface area contributed by atoms with Crippen LogP contribution in [0.3, 0.4) is 0 Å². The van der Waals surface area contributed by atoms with Crippen molar-refractivity contribution in [2.45, 2.75) is 0 Å². The second-order valence-electron chi connectivity index (χ2n) is 7.10. The van der Waals surface area contributed by atoms with E-state index in [9.17, 15) is 19.8 Å². The summed E-state index contributed by atoms with van der Waals surface area (Å²) >= 11 is 0. The Hall–Kier alpha value is -4.52. The second-order valence-corrected chi connectivity index (χ2v) is 7.10. The van der Waals surface area contributed by atoms with E-state index in [1.807, 2.05) is 0 Å². The van der Waals surface area contributed by atoms with Gasteiger partial charge < -0.3 is 24.4 Å². The average molecular weight is 460 g/mol. The normalized spacial score (nSPS) is 10.9. The van der Waals surface area contributed by atoms with Gasteiger partial charge in [0.15, 0.2) is 0 Å². The van der Waals surface area contributed by atoms with Gasteiger partial charge in [0.05, 0.1) is 38.0 Å². The van der Waals surface area contributed by atoms with Gasteiger partial charge in [-0.25, -0.2) is 9.59 Å². The first kappa shape index (κ1) is 24.1. The number of ether oxygens (including phenoxy) is 3. The van der Waals surface area contributed by atoms with Crippen molar-refractivity contribution in [3.05, 3.63) is 101 Å². The minimum atomic E-state index is -1.42. The van der Waals surface area contributed by atoms with Crippen LogP contribution in [0.5, 0.6) is 17.2 Å². The lowest BCUT2D eigenvalue weighted by atomic mass is 9.88. The highest BCUT2D eigenvalue weighted by Crippen LogP contribution is 2.38. The molecule has 3 aromatic carbocycles. The van der Waals surface area contributed by atoms with Crippen LogP contribution >= 0.6 is 0 Å². The van der Waals surface area contributed by atoms with Crippen LogP contribution in [0, 0.1) is 0 Å². The van der Waals surface area contributed by atoms with Crippen LogP contribution in [0.4, 0.5) is 0 Å². The van der Waals surface area contributed by atoms with Crippen molar-refractivity contribution in [2.24, 2.45) is 0 Å². The topological polar surface area (TPSA) is 102 Å². The molecular weight excluding hydrogens is 436 g/mol. The van der Waals surface area contributed by atoms with Crippen molar-refractivity contribution in [3.63, 3.8) is 0 Å². The SMILES string of the molecule is COc1cc(OC)c(/C=C(/C(=O)O)C(C(=O)O)=C(c2ccccc2)c2ccccc2)c(OC)c1. The molecule has 0 atom stereocenters. The van der Waals surface area contributed by atoms with Gasteiger partial charge in [-0.2, -0.15) is 0 Å². The van der Waals surface area contributed by atoms with Gasteiger partial charge in [0, 0.05) is 17.7 Å². The third-order valence-electron chi connectivity index (χ3n) is 5.13. The molecule has 2 N–H and O–H groups in total. The molecule has 7 heteroatoms. The van der Waals surface area contributed by atoms with Crippen molar-refractivity contribution >= 4 is 23.6 Å². The van der Waals surface area contributed by atoms with Crippen molar-refractivity contribution < 1.29 is 34.0 Å². The summed E-state index contributed by atoms with van der Waals surface area (Å²) in [6, 6.07) is 20.7. The quantitative estimate of drug-likeness (QED) is 0.350. The number of aliphatic carboxylic acids is 2. The lowest BCUT2D eigenvalue weighted by molar-refractivity contribution is -0.136. The van der Waals surface area contributed by atoms with Crippen LogP contribution in [-0.4, -0.2) is 43.5 Å². The van der Waals surface area contributed by atoms with E-state index in [0.717, 1.165) is 0 Å². The minimum absolute atomic E-state index is 0.265. The monoisotopic (exact) mass is 460 g/mol. The molecule has 174 valence electrons. The van der Waals surface area contributed by atoms with E-state index in [4.69, 9.17) is 14.2 Å². The third-order valence-corrected chi connectivity index (χ3v) is 5.13. The molecule has 3 rings (SSSR count).